The van der Waals surface area contributed by atoms with E-state index in [1.54, 1.807) is 0 Å². The lowest BCUT2D eigenvalue weighted by Crippen LogP contribution is -2.11. The van der Waals surface area contributed by atoms with Gasteiger partial charge in [0.25, 0.3) is 0 Å². The monoisotopic (exact) mass is 276 g/mol. The fourth-order valence-corrected chi connectivity index (χ4v) is 2.04. The minimum atomic E-state index is 0.521. The number of aromatic nitrogens is 2. The lowest BCUT2D eigenvalue weighted by Gasteiger charge is -2.09. The van der Waals surface area contributed by atoms with Gasteiger partial charge in [-0.2, -0.15) is 0 Å². The van der Waals surface area contributed by atoms with Crippen LogP contribution in [-0.4, -0.2) is 9.97 Å². The molecular weight excluding hydrogens is 260 g/mol. The fraction of sp³-hybridized carbons (Fsp3) is 0.286. The number of nitrogen functional groups attached to an aromatic ring is 1. The Balaban J connectivity index is 2.44. The molecule has 0 radical (unpaired) electrons. The van der Waals surface area contributed by atoms with Gasteiger partial charge >= 0.3 is 0 Å². The average molecular weight is 277 g/mol. The van der Waals surface area contributed by atoms with Crippen LogP contribution < -0.4 is 11.3 Å². The van der Waals surface area contributed by atoms with Crippen LogP contribution in [0.25, 0.3) is 11.4 Å². The van der Waals surface area contributed by atoms with Crippen LogP contribution in [0, 0.1) is 5.92 Å². The van der Waals surface area contributed by atoms with Crippen LogP contribution in [0.3, 0.4) is 0 Å². The van der Waals surface area contributed by atoms with E-state index in [2.05, 4.69) is 29.2 Å². The van der Waals surface area contributed by atoms with Crippen molar-refractivity contribution in [2.45, 2.75) is 20.3 Å². The van der Waals surface area contributed by atoms with Crippen LogP contribution in [0.5, 0.6) is 0 Å². The van der Waals surface area contributed by atoms with Crippen molar-refractivity contribution in [3.63, 3.8) is 0 Å². The molecule has 2 rings (SSSR count). The number of rotatable bonds is 4. The third-order valence-electron chi connectivity index (χ3n) is 2.63. The molecule has 100 valence electrons. The first-order chi connectivity index (χ1) is 9.08. The molecule has 0 saturated carbocycles. The number of nitrogens with one attached hydrogen (secondary N) is 1. The largest absolute Gasteiger partial charge is 0.308 e. The van der Waals surface area contributed by atoms with E-state index in [9.17, 15) is 0 Å². The number of halogens is 1. The van der Waals surface area contributed by atoms with Crippen molar-refractivity contribution in [1.29, 1.82) is 0 Å². The number of nitrogens with two attached hydrogens (primary N) is 1. The molecule has 1 heterocycles. The third-order valence-corrected chi connectivity index (χ3v) is 2.86. The minimum absolute atomic E-state index is 0.521. The van der Waals surface area contributed by atoms with Gasteiger partial charge in [-0.1, -0.05) is 37.6 Å². The van der Waals surface area contributed by atoms with Crippen LogP contribution in [0.4, 0.5) is 5.82 Å². The van der Waals surface area contributed by atoms with Gasteiger partial charge < -0.3 is 5.43 Å². The minimum Gasteiger partial charge on any atom is -0.308 e. The molecule has 19 heavy (non-hydrogen) atoms. The van der Waals surface area contributed by atoms with Gasteiger partial charge in [0.05, 0.1) is 0 Å². The topological polar surface area (TPSA) is 63.8 Å². The molecule has 0 unspecified atom stereocenters. The Hall–Kier alpha value is -1.65. The second-order valence-electron chi connectivity index (χ2n) is 4.82. The van der Waals surface area contributed by atoms with Crippen molar-refractivity contribution >= 4 is 17.4 Å². The number of nitrogens with zero attached hydrogens (tertiary/aromatic N) is 2. The molecule has 5 heteroatoms. The van der Waals surface area contributed by atoms with Crippen molar-refractivity contribution < 1.29 is 0 Å². The molecule has 0 amide bonds. The summed E-state index contributed by atoms with van der Waals surface area (Å²) in [7, 11) is 0. The van der Waals surface area contributed by atoms with E-state index in [-0.39, 0.29) is 0 Å². The first-order valence-electron chi connectivity index (χ1n) is 6.19. The normalized spacial score (nSPS) is 10.8. The van der Waals surface area contributed by atoms with E-state index in [1.165, 1.54) is 0 Å². The maximum atomic E-state index is 6.00. The Kier molecular flexibility index (Phi) is 4.35. The van der Waals surface area contributed by atoms with Crippen molar-refractivity contribution in [3.05, 3.63) is 41.0 Å². The van der Waals surface area contributed by atoms with Crippen LogP contribution in [-0.2, 0) is 6.42 Å². The number of hydrazine groups is 1. The number of benzene rings is 1. The highest BCUT2D eigenvalue weighted by atomic mass is 35.5. The molecule has 4 nitrogen and oxygen atoms in total. The van der Waals surface area contributed by atoms with Crippen molar-refractivity contribution in [3.8, 4) is 11.4 Å². The van der Waals surface area contributed by atoms with Crippen LogP contribution in [0.1, 0.15) is 19.5 Å². The Morgan fingerprint density at radius 3 is 2.68 bits per heavy atom. The molecule has 0 atom stereocenters. The first-order valence-corrected chi connectivity index (χ1v) is 6.57. The van der Waals surface area contributed by atoms with E-state index in [0.29, 0.717) is 22.6 Å². The molecule has 3 N–H and O–H groups in total. The quantitative estimate of drug-likeness (QED) is 0.664. The highest BCUT2D eigenvalue weighted by Gasteiger charge is 2.08. The van der Waals surface area contributed by atoms with Crippen LogP contribution in [0.15, 0.2) is 30.3 Å². The van der Waals surface area contributed by atoms with Crippen molar-refractivity contribution in [2.24, 2.45) is 11.8 Å². The van der Waals surface area contributed by atoms with Crippen molar-refractivity contribution in [1.82, 2.24) is 9.97 Å². The molecule has 0 aliphatic carbocycles. The molecule has 0 saturated heterocycles. The Morgan fingerprint density at radius 1 is 1.26 bits per heavy atom. The van der Waals surface area contributed by atoms with Gasteiger partial charge in [0.2, 0.25) is 0 Å². The van der Waals surface area contributed by atoms with Gasteiger partial charge in [0.15, 0.2) is 5.82 Å². The predicted molar refractivity (Wildman–Crippen MR) is 78.8 cm³/mol. The lowest BCUT2D eigenvalue weighted by atomic mass is 10.1. The molecule has 2 aromatic rings. The molecule has 1 aromatic carbocycles. The smallest absolute Gasteiger partial charge is 0.161 e. The van der Waals surface area contributed by atoms with Gasteiger partial charge in [-0.15, -0.1) is 0 Å². The molecular formula is C14H17ClN4. The standard InChI is InChI=1S/C14H17ClN4/c1-9(2)6-12-8-13(19-16)18-14(17-12)10-4-3-5-11(15)7-10/h3-5,7-9H,6,16H2,1-2H3,(H,17,18,19). The molecule has 1 aromatic heterocycles. The van der Waals surface area contributed by atoms with Gasteiger partial charge in [0.1, 0.15) is 5.82 Å². The number of hydrogen-bond donors (Lipinski definition) is 2. The first kappa shape index (κ1) is 13.8. The summed E-state index contributed by atoms with van der Waals surface area (Å²) in [4.78, 5) is 8.93. The summed E-state index contributed by atoms with van der Waals surface area (Å²) in [5.41, 5.74) is 4.43. The maximum Gasteiger partial charge on any atom is 0.161 e. The third kappa shape index (κ3) is 3.66. The van der Waals surface area contributed by atoms with Crippen LogP contribution >= 0.6 is 11.6 Å². The predicted octanol–water partition coefficient (Wildman–Crippen LogP) is 3.28. The molecule has 0 fully saturated rings. The SMILES string of the molecule is CC(C)Cc1cc(NN)nc(-c2cccc(Cl)c2)n1. The van der Waals surface area contributed by atoms with E-state index >= 15 is 0 Å². The summed E-state index contributed by atoms with van der Waals surface area (Å²) in [5, 5.41) is 0.664. The summed E-state index contributed by atoms with van der Waals surface area (Å²) >= 11 is 6.00. The zero-order valence-electron chi connectivity index (χ0n) is 11.0. The summed E-state index contributed by atoms with van der Waals surface area (Å²) in [6, 6.07) is 9.35. The fourth-order valence-electron chi connectivity index (χ4n) is 1.85. The number of hydrogen-bond acceptors (Lipinski definition) is 4. The summed E-state index contributed by atoms with van der Waals surface area (Å²) in [6.45, 7) is 4.30. The highest BCUT2D eigenvalue weighted by molar-refractivity contribution is 6.30. The second-order valence-corrected chi connectivity index (χ2v) is 5.26. The van der Waals surface area contributed by atoms with Gasteiger partial charge in [0, 0.05) is 22.3 Å². The molecule has 0 spiro atoms. The van der Waals surface area contributed by atoms with Crippen LogP contribution in [0.2, 0.25) is 5.02 Å². The second kappa shape index (κ2) is 5.99. The van der Waals surface area contributed by atoms with Crippen molar-refractivity contribution in [2.75, 3.05) is 5.43 Å². The Bertz CT molecular complexity index is 569. The maximum absolute atomic E-state index is 6.00. The van der Waals surface area contributed by atoms with Gasteiger partial charge in [-0.05, 0) is 24.5 Å². The van der Waals surface area contributed by atoms with Gasteiger partial charge in [-0.3, -0.25) is 0 Å². The Morgan fingerprint density at radius 2 is 2.05 bits per heavy atom. The van der Waals surface area contributed by atoms with E-state index in [0.717, 1.165) is 17.7 Å². The van der Waals surface area contributed by atoms with E-state index < -0.39 is 0 Å². The van der Waals surface area contributed by atoms with E-state index in [1.807, 2.05) is 30.3 Å². The highest BCUT2D eigenvalue weighted by Crippen LogP contribution is 2.22. The summed E-state index contributed by atoms with van der Waals surface area (Å²) in [6.07, 6.45) is 0.880. The van der Waals surface area contributed by atoms with E-state index in [4.69, 9.17) is 17.4 Å². The Labute approximate surface area is 118 Å². The molecule has 0 bridgehead atoms. The summed E-state index contributed by atoms with van der Waals surface area (Å²) < 4.78 is 0. The number of anilines is 1. The molecule has 0 aliphatic rings. The lowest BCUT2D eigenvalue weighted by molar-refractivity contribution is 0.635. The summed E-state index contributed by atoms with van der Waals surface area (Å²) in [5.74, 6) is 7.23. The zero-order valence-corrected chi connectivity index (χ0v) is 11.8. The zero-order chi connectivity index (χ0) is 13.8. The van der Waals surface area contributed by atoms with Gasteiger partial charge in [-0.25, -0.2) is 15.8 Å². The average Bonchev–Trinajstić information content (AvgIpc) is 2.37. The molecule has 0 aliphatic heterocycles.